The van der Waals surface area contributed by atoms with E-state index < -0.39 is 0 Å². The molecule has 2 amide bonds. The fourth-order valence-corrected chi connectivity index (χ4v) is 4.54. The normalized spacial score (nSPS) is 13.3. The first-order valence-electron chi connectivity index (χ1n) is 16.2. The monoisotopic (exact) mass is 569 g/mol. The SMILES string of the molecule is CCCCCCCCCCCCCCCCCCOCCOCCOCCOCCOCCN1C(=O)C=CC1=O. The zero-order chi connectivity index (χ0) is 28.8. The summed E-state index contributed by atoms with van der Waals surface area (Å²) in [6.07, 6.45) is 24.7. The summed E-state index contributed by atoms with van der Waals surface area (Å²) < 4.78 is 27.5. The molecule has 0 unspecified atom stereocenters. The van der Waals surface area contributed by atoms with Crippen molar-refractivity contribution in [2.45, 2.75) is 110 Å². The molecule has 1 aliphatic rings. The van der Waals surface area contributed by atoms with E-state index in [-0.39, 0.29) is 18.4 Å². The van der Waals surface area contributed by atoms with Crippen molar-refractivity contribution < 1.29 is 33.3 Å². The number of ether oxygens (including phenoxy) is 5. The van der Waals surface area contributed by atoms with Gasteiger partial charge in [0.2, 0.25) is 0 Å². The molecule has 0 saturated heterocycles. The number of nitrogens with zero attached hydrogens (tertiary/aromatic N) is 1. The third-order valence-electron chi connectivity index (χ3n) is 6.99. The van der Waals surface area contributed by atoms with Gasteiger partial charge >= 0.3 is 0 Å². The molecular formula is C32H59NO7. The number of rotatable bonds is 32. The van der Waals surface area contributed by atoms with Crippen LogP contribution in [0.5, 0.6) is 0 Å². The van der Waals surface area contributed by atoms with Gasteiger partial charge in [-0.05, 0) is 6.42 Å². The molecule has 0 spiro atoms. The molecule has 8 nitrogen and oxygen atoms in total. The molecule has 0 atom stereocenters. The zero-order valence-electron chi connectivity index (χ0n) is 25.6. The van der Waals surface area contributed by atoms with Crippen LogP contribution in [0.3, 0.4) is 0 Å². The van der Waals surface area contributed by atoms with Gasteiger partial charge in [0.1, 0.15) is 0 Å². The molecule has 0 aliphatic carbocycles. The Morgan fingerprint density at radius 3 is 1.10 bits per heavy atom. The molecule has 0 fully saturated rings. The third-order valence-corrected chi connectivity index (χ3v) is 6.99. The Labute approximate surface area is 244 Å². The van der Waals surface area contributed by atoms with Crippen LogP contribution in [-0.4, -0.2) is 89.3 Å². The van der Waals surface area contributed by atoms with Gasteiger partial charge in [0.25, 0.3) is 11.8 Å². The van der Waals surface area contributed by atoms with Crippen LogP contribution in [0.1, 0.15) is 110 Å². The molecule has 8 heteroatoms. The number of carbonyl (C=O) groups is 2. The molecule has 0 aromatic rings. The molecule has 0 saturated carbocycles. The highest BCUT2D eigenvalue weighted by atomic mass is 16.6. The van der Waals surface area contributed by atoms with E-state index in [1.54, 1.807) is 0 Å². The van der Waals surface area contributed by atoms with Crippen molar-refractivity contribution in [1.29, 1.82) is 0 Å². The van der Waals surface area contributed by atoms with E-state index in [1.807, 2.05) is 0 Å². The smallest absolute Gasteiger partial charge is 0.253 e. The Morgan fingerprint density at radius 2 is 0.725 bits per heavy atom. The summed E-state index contributed by atoms with van der Waals surface area (Å²) in [5.41, 5.74) is 0. The van der Waals surface area contributed by atoms with Crippen molar-refractivity contribution in [3.8, 4) is 0 Å². The largest absolute Gasteiger partial charge is 0.379 e. The molecule has 0 aromatic heterocycles. The van der Waals surface area contributed by atoms with Gasteiger partial charge in [-0.3, -0.25) is 14.5 Å². The van der Waals surface area contributed by atoms with Gasteiger partial charge in [-0.2, -0.15) is 0 Å². The Hall–Kier alpha value is -1.32. The average Bonchev–Trinajstić information content (AvgIpc) is 3.28. The van der Waals surface area contributed by atoms with Crippen molar-refractivity contribution in [2.75, 3.05) is 72.6 Å². The van der Waals surface area contributed by atoms with E-state index in [2.05, 4.69) is 6.92 Å². The number of hydrogen-bond donors (Lipinski definition) is 0. The number of hydrogen-bond acceptors (Lipinski definition) is 7. The maximum atomic E-state index is 11.4. The van der Waals surface area contributed by atoms with Crippen LogP contribution in [0.2, 0.25) is 0 Å². The fraction of sp³-hybridized carbons (Fsp3) is 0.875. The lowest BCUT2D eigenvalue weighted by molar-refractivity contribution is -0.137. The Balaban J connectivity index is 1.63. The second-order valence-electron chi connectivity index (χ2n) is 10.5. The van der Waals surface area contributed by atoms with Gasteiger partial charge < -0.3 is 23.7 Å². The highest BCUT2D eigenvalue weighted by molar-refractivity contribution is 6.12. The van der Waals surface area contributed by atoms with Gasteiger partial charge in [0.05, 0.1) is 66.0 Å². The summed E-state index contributed by atoms with van der Waals surface area (Å²) in [5.74, 6) is -0.576. The molecule has 234 valence electrons. The van der Waals surface area contributed by atoms with Crippen LogP contribution in [0, 0.1) is 0 Å². The number of carbonyl (C=O) groups excluding carboxylic acids is 2. The Kier molecular flexibility index (Phi) is 26.8. The quantitative estimate of drug-likeness (QED) is 0.0699. The molecular weight excluding hydrogens is 510 g/mol. The summed E-state index contributed by atoms with van der Waals surface area (Å²) in [6, 6.07) is 0. The van der Waals surface area contributed by atoms with Gasteiger partial charge in [-0.1, -0.05) is 103 Å². The van der Waals surface area contributed by atoms with Crippen molar-refractivity contribution >= 4 is 11.8 Å². The molecule has 1 heterocycles. The Bertz CT molecular complexity index is 596. The summed E-state index contributed by atoms with van der Waals surface area (Å²) in [6.45, 7) is 7.83. The first-order valence-corrected chi connectivity index (χ1v) is 16.2. The number of imide groups is 1. The molecule has 0 radical (unpaired) electrons. The summed E-state index contributed by atoms with van der Waals surface area (Å²) in [7, 11) is 0. The first-order chi connectivity index (χ1) is 19.8. The van der Waals surface area contributed by atoms with Crippen LogP contribution in [0.15, 0.2) is 12.2 Å². The van der Waals surface area contributed by atoms with Crippen molar-refractivity contribution in [3.63, 3.8) is 0 Å². The third kappa shape index (κ3) is 23.4. The minimum Gasteiger partial charge on any atom is -0.379 e. The number of amides is 2. The van der Waals surface area contributed by atoms with Crippen molar-refractivity contribution in [1.82, 2.24) is 4.90 Å². The van der Waals surface area contributed by atoms with E-state index in [9.17, 15) is 9.59 Å². The lowest BCUT2D eigenvalue weighted by Gasteiger charge is -2.13. The lowest BCUT2D eigenvalue weighted by Crippen LogP contribution is -2.33. The maximum Gasteiger partial charge on any atom is 0.253 e. The second kappa shape index (κ2) is 29.2. The van der Waals surface area contributed by atoms with Crippen LogP contribution >= 0.6 is 0 Å². The fourth-order valence-electron chi connectivity index (χ4n) is 4.54. The first kappa shape index (κ1) is 36.7. The Morgan fingerprint density at radius 1 is 0.425 bits per heavy atom. The molecule has 1 rings (SSSR count). The predicted molar refractivity (Wildman–Crippen MR) is 160 cm³/mol. The van der Waals surface area contributed by atoms with E-state index >= 15 is 0 Å². The highest BCUT2D eigenvalue weighted by Gasteiger charge is 2.22. The van der Waals surface area contributed by atoms with Crippen LogP contribution in [0.4, 0.5) is 0 Å². The van der Waals surface area contributed by atoms with E-state index in [0.717, 1.165) is 17.9 Å². The van der Waals surface area contributed by atoms with E-state index in [4.69, 9.17) is 23.7 Å². The summed E-state index contributed by atoms with van der Waals surface area (Å²) >= 11 is 0. The predicted octanol–water partition coefficient (Wildman–Crippen LogP) is 6.26. The minimum atomic E-state index is -0.288. The van der Waals surface area contributed by atoms with Gasteiger partial charge in [0.15, 0.2) is 0 Å². The van der Waals surface area contributed by atoms with Gasteiger partial charge in [0, 0.05) is 18.8 Å². The van der Waals surface area contributed by atoms with Crippen LogP contribution < -0.4 is 0 Å². The van der Waals surface area contributed by atoms with Crippen LogP contribution in [0.25, 0.3) is 0 Å². The van der Waals surface area contributed by atoms with Crippen LogP contribution in [-0.2, 0) is 33.3 Å². The average molecular weight is 570 g/mol. The maximum absolute atomic E-state index is 11.4. The summed E-state index contributed by atoms with van der Waals surface area (Å²) in [5, 5.41) is 0. The van der Waals surface area contributed by atoms with Gasteiger partial charge in [-0.25, -0.2) is 0 Å². The minimum absolute atomic E-state index is 0.262. The molecule has 40 heavy (non-hydrogen) atoms. The highest BCUT2D eigenvalue weighted by Crippen LogP contribution is 2.13. The molecule has 0 N–H and O–H groups in total. The molecule has 0 bridgehead atoms. The van der Waals surface area contributed by atoms with Crippen molar-refractivity contribution in [3.05, 3.63) is 12.2 Å². The van der Waals surface area contributed by atoms with E-state index in [0.29, 0.717) is 59.5 Å². The topological polar surface area (TPSA) is 83.5 Å². The summed E-state index contributed by atoms with van der Waals surface area (Å²) in [4.78, 5) is 23.9. The second-order valence-corrected chi connectivity index (χ2v) is 10.5. The van der Waals surface area contributed by atoms with Gasteiger partial charge in [-0.15, -0.1) is 0 Å². The number of unbranched alkanes of at least 4 members (excludes halogenated alkanes) is 15. The molecule has 0 aromatic carbocycles. The zero-order valence-corrected chi connectivity index (χ0v) is 25.6. The van der Waals surface area contributed by atoms with E-state index in [1.165, 1.54) is 108 Å². The lowest BCUT2D eigenvalue weighted by atomic mass is 10.0. The van der Waals surface area contributed by atoms with Crippen molar-refractivity contribution in [2.24, 2.45) is 0 Å². The standard InChI is InChI=1S/C32H59NO7/c1-2-3-4-5-6-7-8-9-10-11-12-13-14-15-16-17-21-36-23-25-38-27-29-40-30-28-39-26-24-37-22-20-33-31(34)18-19-32(33)35/h18-19H,2-17,20-30H2,1H3. The molecule has 1 aliphatic heterocycles.